The minimum atomic E-state index is -2.96. The topological polar surface area (TPSA) is 69.4 Å². The van der Waals surface area contributed by atoms with Gasteiger partial charge in [0.1, 0.15) is 0 Å². The van der Waals surface area contributed by atoms with Gasteiger partial charge in [-0.2, -0.15) is 0 Å². The minimum absolute atomic E-state index is 0.0545. The van der Waals surface area contributed by atoms with Gasteiger partial charge in [-0.05, 0) is 50.9 Å². The van der Waals surface area contributed by atoms with Crippen molar-refractivity contribution in [1.82, 2.24) is 0 Å². The van der Waals surface area contributed by atoms with Crippen LogP contribution in [0.3, 0.4) is 0 Å². The molecule has 0 aromatic rings. The zero-order chi connectivity index (χ0) is 13.5. The third-order valence-electron chi connectivity index (χ3n) is 5.40. The van der Waals surface area contributed by atoms with Crippen molar-refractivity contribution in [1.29, 1.82) is 0 Å². The summed E-state index contributed by atoms with van der Waals surface area (Å²) in [5, 5.41) is -0.304. The van der Waals surface area contributed by atoms with Crippen LogP contribution in [0.2, 0.25) is 0 Å². The lowest BCUT2D eigenvalue weighted by Crippen LogP contribution is -2.54. The van der Waals surface area contributed by atoms with E-state index in [0.717, 1.165) is 51.6 Å². The summed E-state index contributed by atoms with van der Waals surface area (Å²) in [5.74, 6) is 0.659. The molecule has 3 rings (SSSR count). The summed E-state index contributed by atoms with van der Waals surface area (Å²) >= 11 is 0. The number of sulfone groups is 1. The largest absolute Gasteiger partial charge is 0.375 e. The van der Waals surface area contributed by atoms with Gasteiger partial charge in [-0.1, -0.05) is 6.42 Å². The van der Waals surface area contributed by atoms with E-state index in [1.54, 1.807) is 0 Å². The average molecular weight is 287 g/mol. The molecule has 0 aromatic heterocycles. The van der Waals surface area contributed by atoms with Gasteiger partial charge in [0.2, 0.25) is 0 Å². The maximum atomic E-state index is 12.2. The first kappa shape index (κ1) is 13.8. The van der Waals surface area contributed by atoms with Crippen molar-refractivity contribution >= 4 is 9.84 Å². The van der Waals surface area contributed by atoms with Gasteiger partial charge in [0.25, 0.3) is 0 Å². The van der Waals surface area contributed by atoms with Crippen molar-refractivity contribution in [3.63, 3.8) is 0 Å². The van der Waals surface area contributed by atoms with Gasteiger partial charge in [-0.3, -0.25) is 0 Å². The summed E-state index contributed by atoms with van der Waals surface area (Å²) in [6, 6.07) is -0.188. The quantitative estimate of drug-likeness (QED) is 0.838. The Bertz CT molecular complexity index is 430. The first-order valence-electron chi connectivity index (χ1n) is 7.64. The number of hydrogen-bond donors (Lipinski definition) is 1. The van der Waals surface area contributed by atoms with E-state index in [1.165, 1.54) is 6.42 Å². The van der Waals surface area contributed by atoms with E-state index < -0.39 is 9.84 Å². The Labute approximate surface area is 116 Å². The molecule has 3 unspecified atom stereocenters. The van der Waals surface area contributed by atoms with Crippen LogP contribution in [0, 0.1) is 5.92 Å². The van der Waals surface area contributed by atoms with E-state index in [4.69, 9.17) is 10.5 Å². The Morgan fingerprint density at radius 1 is 1.16 bits per heavy atom. The summed E-state index contributed by atoms with van der Waals surface area (Å²) < 4.78 is 30.3. The predicted octanol–water partition coefficient (Wildman–Crippen LogP) is 1.63. The van der Waals surface area contributed by atoms with Crippen molar-refractivity contribution in [3.05, 3.63) is 0 Å². The Morgan fingerprint density at radius 2 is 1.95 bits per heavy atom. The van der Waals surface area contributed by atoms with Gasteiger partial charge in [0.15, 0.2) is 9.84 Å². The average Bonchev–Trinajstić information content (AvgIpc) is 2.36. The third kappa shape index (κ3) is 2.57. The Hall–Kier alpha value is -0.130. The summed E-state index contributed by atoms with van der Waals surface area (Å²) in [4.78, 5) is 0. The van der Waals surface area contributed by atoms with E-state index in [0.29, 0.717) is 11.7 Å². The molecular weight excluding hydrogens is 262 g/mol. The fourth-order valence-electron chi connectivity index (χ4n) is 4.03. The molecule has 1 saturated carbocycles. The molecule has 2 N–H and O–H groups in total. The molecule has 2 saturated heterocycles. The lowest BCUT2D eigenvalue weighted by atomic mass is 9.70. The van der Waals surface area contributed by atoms with Crippen molar-refractivity contribution in [3.8, 4) is 0 Å². The highest BCUT2D eigenvalue weighted by molar-refractivity contribution is 7.92. The fraction of sp³-hybridized carbons (Fsp3) is 1.00. The van der Waals surface area contributed by atoms with Crippen LogP contribution in [0.4, 0.5) is 0 Å². The molecule has 110 valence electrons. The summed E-state index contributed by atoms with van der Waals surface area (Å²) in [6.07, 6.45) is 7.98. The SMILES string of the molecule is NC(C1CCOC2(CCC2)C1)C1CCCCS1(=O)=O. The zero-order valence-corrected chi connectivity index (χ0v) is 12.3. The molecule has 0 aromatic carbocycles. The van der Waals surface area contributed by atoms with Crippen LogP contribution < -0.4 is 5.73 Å². The molecule has 1 spiro atoms. The normalized spacial score (nSPS) is 38.6. The number of ether oxygens (including phenoxy) is 1. The molecule has 2 aliphatic heterocycles. The third-order valence-corrected chi connectivity index (χ3v) is 7.73. The van der Waals surface area contributed by atoms with Gasteiger partial charge in [-0.15, -0.1) is 0 Å². The second kappa shape index (κ2) is 5.01. The van der Waals surface area contributed by atoms with Gasteiger partial charge >= 0.3 is 0 Å². The molecule has 3 fully saturated rings. The number of rotatable bonds is 2. The van der Waals surface area contributed by atoms with Gasteiger partial charge < -0.3 is 10.5 Å². The second-order valence-corrected chi connectivity index (χ2v) is 8.96. The van der Waals surface area contributed by atoms with Crippen LogP contribution in [0.1, 0.15) is 51.4 Å². The van der Waals surface area contributed by atoms with Crippen LogP contribution in [0.5, 0.6) is 0 Å². The molecule has 3 atom stereocenters. The number of nitrogens with two attached hydrogens (primary N) is 1. The molecule has 1 aliphatic carbocycles. The van der Waals surface area contributed by atoms with Crippen LogP contribution >= 0.6 is 0 Å². The molecule has 0 amide bonds. The Balaban J connectivity index is 1.70. The van der Waals surface area contributed by atoms with E-state index >= 15 is 0 Å². The van der Waals surface area contributed by atoms with Crippen molar-refractivity contribution < 1.29 is 13.2 Å². The van der Waals surface area contributed by atoms with Crippen molar-refractivity contribution in [2.75, 3.05) is 12.4 Å². The van der Waals surface area contributed by atoms with Crippen molar-refractivity contribution in [2.45, 2.75) is 68.3 Å². The molecule has 19 heavy (non-hydrogen) atoms. The number of hydrogen-bond acceptors (Lipinski definition) is 4. The summed E-state index contributed by atoms with van der Waals surface area (Å²) in [5.41, 5.74) is 6.42. The monoisotopic (exact) mass is 287 g/mol. The minimum Gasteiger partial charge on any atom is -0.375 e. The van der Waals surface area contributed by atoms with Crippen LogP contribution in [0.15, 0.2) is 0 Å². The maximum Gasteiger partial charge on any atom is 0.154 e. The fourth-order valence-corrected chi connectivity index (χ4v) is 6.16. The van der Waals surface area contributed by atoms with E-state index in [-0.39, 0.29) is 16.9 Å². The maximum absolute atomic E-state index is 12.2. The highest BCUT2D eigenvalue weighted by Gasteiger charge is 2.46. The molecule has 0 radical (unpaired) electrons. The lowest BCUT2D eigenvalue weighted by Gasteiger charge is -2.49. The standard InChI is InChI=1S/C14H25NO3S/c15-13(12-4-1-2-9-19(12,16)17)11-5-8-18-14(10-11)6-3-7-14/h11-13H,1-10,15H2. The second-order valence-electron chi connectivity index (χ2n) is 6.62. The first-order valence-corrected chi connectivity index (χ1v) is 9.35. The van der Waals surface area contributed by atoms with Gasteiger partial charge in [-0.25, -0.2) is 8.42 Å². The van der Waals surface area contributed by atoms with Crippen LogP contribution in [-0.2, 0) is 14.6 Å². The highest BCUT2D eigenvalue weighted by Crippen LogP contribution is 2.45. The van der Waals surface area contributed by atoms with Gasteiger partial charge in [0.05, 0.1) is 16.6 Å². The van der Waals surface area contributed by atoms with Crippen molar-refractivity contribution in [2.24, 2.45) is 11.7 Å². The van der Waals surface area contributed by atoms with Crippen LogP contribution in [-0.4, -0.2) is 37.7 Å². The first-order chi connectivity index (χ1) is 9.03. The van der Waals surface area contributed by atoms with E-state index in [1.807, 2.05) is 0 Å². The Kier molecular flexibility index (Phi) is 3.65. The van der Waals surface area contributed by atoms with E-state index in [2.05, 4.69) is 0 Å². The smallest absolute Gasteiger partial charge is 0.154 e. The lowest BCUT2D eigenvalue weighted by molar-refractivity contribution is -0.146. The van der Waals surface area contributed by atoms with Crippen LogP contribution in [0.25, 0.3) is 0 Å². The Morgan fingerprint density at radius 3 is 2.58 bits per heavy atom. The zero-order valence-electron chi connectivity index (χ0n) is 11.5. The highest BCUT2D eigenvalue weighted by atomic mass is 32.2. The molecule has 3 aliphatic rings. The predicted molar refractivity (Wildman–Crippen MR) is 74.7 cm³/mol. The molecule has 4 nitrogen and oxygen atoms in total. The molecule has 5 heteroatoms. The van der Waals surface area contributed by atoms with E-state index in [9.17, 15) is 8.42 Å². The molecular formula is C14H25NO3S. The summed E-state index contributed by atoms with van der Waals surface area (Å²) in [6.45, 7) is 0.755. The molecule has 0 bridgehead atoms. The summed E-state index contributed by atoms with van der Waals surface area (Å²) in [7, 11) is -2.96. The molecule has 2 heterocycles. The van der Waals surface area contributed by atoms with Gasteiger partial charge in [0, 0.05) is 12.6 Å².